The molecule has 2 aromatic carbocycles. The minimum atomic E-state index is -0.210. The van der Waals surface area contributed by atoms with Gasteiger partial charge in [0.25, 0.3) is 5.56 Å². The Morgan fingerprint density at radius 1 is 1.11 bits per heavy atom. The van der Waals surface area contributed by atoms with E-state index in [-0.39, 0.29) is 5.56 Å². The van der Waals surface area contributed by atoms with E-state index in [1.165, 1.54) is 10.8 Å². The van der Waals surface area contributed by atoms with Crippen LogP contribution in [0.25, 0.3) is 11.1 Å². The third-order valence-corrected chi connectivity index (χ3v) is 4.42. The van der Waals surface area contributed by atoms with Gasteiger partial charge in [-0.15, -0.1) is 0 Å². The van der Waals surface area contributed by atoms with E-state index in [0.29, 0.717) is 27.5 Å². The molecular formula is C20H20ClN5O. The molecular weight excluding hydrogens is 362 g/mol. The van der Waals surface area contributed by atoms with E-state index in [0.717, 1.165) is 16.9 Å². The lowest BCUT2D eigenvalue weighted by Crippen LogP contribution is -2.23. The van der Waals surface area contributed by atoms with Crippen molar-refractivity contribution in [2.75, 3.05) is 23.8 Å². The molecule has 0 radical (unpaired) electrons. The number of benzene rings is 2. The highest BCUT2D eigenvalue weighted by molar-refractivity contribution is 6.30. The summed E-state index contributed by atoms with van der Waals surface area (Å²) in [4.78, 5) is 16.3. The van der Waals surface area contributed by atoms with Gasteiger partial charge in [0.2, 0.25) is 0 Å². The van der Waals surface area contributed by atoms with E-state index >= 15 is 0 Å². The maximum absolute atomic E-state index is 12.4. The molecule has 5 N–H and O–H groups in total. The van der Waals surface area contributed by atoms with Gasteiger partial charge in [-0.1, -0.05) is 11.6 Å². The number of anilines is 4. The number of pyridine rings is 1. The number of hydrogen-bond acceptors (Lipinski definition) is 5. The van der Waals surface area contributed by atoms with Crippen molar-refractivity contribution in [3.8, 4) is 11.1 Å². The van der Waals surface area contributed by atoms with Crippen LogP contribution < -0.4 is 22.3 Å². The van der Waals surface area contributed by atoms with Crippen LogP contribution in [0.3, 0.4) is 0 Å². The summed E-state index contributed by atoms with van der Waals surface area (Å²) in [7, 11) is 3.27. The number of hydrogen-bond donors (Lipinski definition) is 3. The normalized spacial score (nSPS) is 11.1. The van der Waals surface area contributed by atoms with Gasteiger partial charge in [0, 0.05) is 59.7 Å². The lowest BCUT2D eigenvalue weighted by molar-refractivity contribution is 0.861. The van der Waals surface area contributed by atoms with E-state index in [4.69, 9.17) is 23.1 Å². The van der Waals surface area contributed by atoms with Crippen molar-refractivity contribution in [1.82, 2.24) is 4.57 Å². The van der Waals surface area contributed by atoms with Crippen molar-refractivity contribution in [3.63, 3.8) is 0 Å². The Morgan fingerprint density at radius 3 is 2.48 bits per heavy atom. The largest absolute Gasteiger partial charge is 0.399 e. The van der Waals surface area contributed by atoms with Gasteiger partial charge in [-0.3, -0.25) is 9.79 Å². The molecule has 0 amide bonds. The smallest absolute Gasteiger partial charge is 0.261 e. The topological polar surface area (TPSA) is 98.4 Å². The molecule has 0 saturated heterocycles. The number of aliphatic imine (C=N–C) groups is 1. The molecule has 0 aliphatic rings. The van der Waals surface area contributed by atoms with E-state index < -0.39 is 0 Å². The summed E-state index contributed by atoms with van der Waals surface area (Å²) >= 11 is 5.96. The van der Waals surface area contributed by atoms with Crippen LogP contribution in [0.5, 0.6) is 0 Å². The molecule has 0 aliphatic heterocycles. The average Bonchev–Trinajstić information content (AvgIpc) is 2.65. The third kappa shape index (κ3) is 3.80. The van der Waals surface area contributed by atoms with Crippen LogP contribution >= 0.6 is 11.6 Å². The van der Waals surface area contributed by atoms with Gasteiger partial charge in [-0.2, -0.15) is 0 Å². The maximum atomic E-state index is 12.4. The second kappa shape index (κ2) is 7.55. The molecule has 0 fully saturated rings. The highest BCUT2D eigenvalue weighted by Crippen LogP contribution is 2.35. The molecule has 3 rings (SSSR count). The highest BCUT2D eigenvalue weighted by Gasteiger charge is 2.15. The van der Waals surface area contributed by atoms with Crippen LogP contribution in [0.15, 0.2) is 58.4 Å². The number of nitrogen functional groups attached to an aromatic ring is 2. The molecule has 138 valence electrons. The van der Waals surface area contributed by atoms with Gasteiger partial charge in [0.05, 0.1) is 11.3 Å². The lowest BCUT2D eigenvalue weighted by Gasteiger charge is -2.17. The van der Waals surface area contributed by atoms with Crippen molar-refractivity contribution in [2.24, 2.45) is 12.0 Å². The Morgan fingerprint density at radius 2 is 1.81 bits per heavy atom. The number of aryl methyl sites for hydroxylation is 1. The van der Waals surface area contributed by atoms with Crippen LogP contribution in [0, 0.1) is 0 Å². The number of nitrogens with zero attached hydrogens (tertiary/aromatic N) is 2. The van der Waals surface area contributed by atoms with E-state index in [2.05, 4.69) is 10.3 Å². The molecule has 6 nitrogen and oxygen atoms in total. The lowest BCUT2D eigenvalue weighted by atomic mass is 10.0. The van der Waals surface area contributed by atoms with E-state index in [1.54, 1.807) is 38.5 Å². The fourth-order valence-corrected chi connectivity index (χ4v) is 2.95. The molecule has 0 spiro atoms. The SMILES string of the molecule is CN=Cc1c(N)c(-c2cc(N)ccc2Nc2ccc(Cl)cc2)cn(C)c1=O. The second-order valence-electron chi connectivity index (χ2n) is 6.11. The zero-order valence-electron chi connectivity index (χ0n) is 15.0. The molecule has 1 aromatic heterocycles. The molecule has 0 saturated carbocycles. The van der Waals surface area contributed by atoms with Crippen LogP contribution in [0.4, 0.5) is 22.7 Å². The van der Waals surface area contributed by atoms with E-state index in [1.807, 2.05) is 24.3 Å². The first-order chi connectivity index (χ1) is 12.9. The Labute approximate surface area is 162 Å². The fraction of sp³-hybridized carbons (Fsp3) is 0.100. The standard InChI is InChI=1S/C20H20ClN5O/c1-24-10-16-19(23)17(11-26(2)20(16)27)15-9-13(22)5-8-18(15)25-14-6-3-12(21)4-7-14/h3-11,25H,22-23H2,1-2H3. The Kier molecular flexibility index (Phi) is 5.19. The molecule has 0 unspecified atom stereocenters. The second-order valence-corrected chi connectivity index (χ2v) is 6.55. The Balaban J connectivity index is 2.18. The summed E-state index contributed by atoms with van der Waals surface area (Å²) in [6.45, 7) is 0. The monoisotopic (exact) mass is 381 g/mol. The first-order valence-electron chi connectivity index (χ1n) is 8.24. The van der Waals surface area contributed by atoms with Gasteiger partial charge >= 0.3 is 0 Å². The summed E-state index contributed by atoms with van der Waals surface area (Å²) in [6, 6.07) is 12.9. The van der Waals surface area contributed by atoms with Crippen LogP contribution in [-0.2, 0) is 7.05 Å². The summed E-state index contributed by atoms with van der Waals surface area (Å²) in [5.74, 6) is 0. The Bertz CT molecular complexity index is 1070. The third-order valence-electron chi connectivity index (χ3n) is 4.17. The van der Waals surface area contributed by atoms with Crippen molar-refractivity contribution in [2.45, 2.75) is 0 Å². The molecule has 0 atom stereocenters. The maximum Gasteiger partial charge on any atom is 0.261 e. The number of nitrogens with one attached hydrogen (secondary N) is 1. The van der Waals surface area contributed by atoms with Crippen LogP contribution in [0.1, 0.15) is 5.56 Å². The molecule has 0 aliphatic carbocycles. The number of rotatable bonds is 4. The molecule has 7 heteroatoms. The minimum Gasteiger partial charge on any atom is -0.399 e. The van der Waals surface area contributed by atoms with Gasteiger partial charge in [-0.25, -0.2) is 0 Å². The number of halogens is 1. The quantitative estimate of drug-likeness (QED) is 0.474. The zero-order chi connectivity index (χ0) is 19.6. The predicted molar refractivity (Wildman–Crippen MR) is 114 cm³/mol. The van der Waals surface area contributed by atoms with Crippen LogP contribution in [-0.4, -0.2) is 17.8 Å². The molecule has 3 aromatic rings. The first kappa shape index (κ1) is 18.5. The van der Waals surface area contributed by atoms with Gasteiger partial charge < -0.3 is 21.4 Å². The predicted octanol–water partition coefficient (Wildman–Crippen LogP) is 3.66. The van der Waals surface area contributed by atoms with E-state index in [9.17, 15) is 4.79 Å². The summed E-state index contributed by atoms with van der Waals surface area (Å²) in [5, 5.41) is 4.00. The highest BCUT2D eigenvalue weighted by atomic mass is 35.5. The summed E-state index contributed by atoms with van der Waals surface area (Å²) in [5.41, 5.74) is 16.5. The fourth-order valence-electron chi connectivity index (χ4n) is 2.82. The molecule has 27 heavy (non-hydrogen) atoms. The van der Waals surface area contributed by atoms with Gasteiger partial charge in [-0.05, 0) is 42.5 Å². The van der Waals surface area contributed by atoms with Crippen molar-refractivity contribution < 1.29 is 0 Å². The molecule has 1 heterocycles. The average molecular weight is 382 g/mol. The van der Waals surface area contributed by atoms with Gasteiger partial charge in [0.1, 0.15) is 0 Å². The number of nitrogens with two attached hydrogens (primary N) is 2. The number of aromatic nitrogens is 1. The van der Waals surface area contributed by atoms with Crippen LogP contribution in [0.2, 0.25) is 5.02 Å². The zero-order valence-corrected chi connectivity index (χ0v) is 15.8. The first-order valence-corrected chi connectivity index (χ1v) is 8.62. The van der Waals surface area contributed by atoms with Crippen molar-refractivity contribution in [3.05, 3.63) is 69.6 Å². The Hall–Kier alpha value is -3.25. The summed E-state index contributed by atoms with van der Waals surface area (Å²) < 4.78 is 1.48. The molecule has 0 bridgehead atoms. The van der Waals surface area contributed by atoms with Crippen molar-refractivity contribution in [1.29, 1.82) is 0 Å². The minimum absolute atomic E-state index is 0.210. The summed E-state index contributed by atoms with van der Waals surface area (Å²) in [6.07, 6.45) is 3.17. The van der Waals surface area contributed by atoms with Crippen molar-refractivity contribution >= 4 is 40.6 Å². The van der Waals surface area contributed by atoms with Gasteiger partial charge in [0.15, 0.2) is 0 Å².